The molecular formula is C23H28ClFO6. The Kier molecular flexibility index (Phi) is 5.08. The Balaban J connectivity index is 1.85. The molecule has 4 rings (SSSR count). The van der Waals surface area contributed by atoms with Crippen molar-refractivity contribution in [1.29, 1.82) is 0 Å². The largest absolute Gasteiger partial charge is 0.451 e. The Labute approximate surface area is 185 Å². The number of rotatable bonds is 3. The maximum Gasteiger partial charge on any atom is 0.303 e. The van der Waals surface area contributed by atoms with Crippen LogP contribution >= 0.6 is 11.6 Å². The van der Waals surface area contributed by atoms with Crippen molar-refractivity contribution in [2.24, 2.45) is 22.7 Å². The van der Waals surface area contributed by atoms with Gasteiger partial charge in [-0.1, -0.05) is 19.9 Å². The number of allylic oxidation sites excluding steroid dienone is 4. The quantitative estimate of drug-likeness (QED) is 0.501. The van der Waals surface area contributed by atoms with Gasteiger partial charge in [0, 0.05) is 17.8 Å². The van der Waals surface area contributed by atoms with Crippen molar-refractivity contribution >= 4 is 29.1 Å². The third-order valence-electron chi connectivity index (χ3n) is 8.66. The van der Waals surface area contributed by atoms with E-state index in [9.17, 15) is 24.6 Å². The monoisotopic (exact) mass is 454 g/mol. The van der Waals surface area contributed by atoms with Crippen molar-refractivity contribution < 1.29 is 33.7 Å². The van der Waals surface area contributed by atoms with E-state index < -0.39 is 57.9 Å². The van der Waals surface area contributed by atoms with Crippen molar-refractivity contribution in [3.05, 3.63) is 23.8 Å². The number of aliphatic hydroxyl groups excluding tert-OH is 2. The number of hydrogen-bond acceptors (Lipinski definition) is 6. The van der Waals surface area contributed by atoms with Crippen LogP contribution in [0, 0.1) is 22.7 Å². The van der Waals surface area contributed by atoms with Crippen molar-refractivity contribution in [2.45, 2.75) is 69.2 Å². The van der Waals surface area contributed by atoms with Gasteiger partial charge in [0.15, 0.2) is 11.4 Å². The smallest absolute Gasteiger partial charge is 0.303 e. The molecular weight excluding hydrogens is 427 g/mol. The molecule has 0 amide bonds. The maximum absolute atomic E-state index is 15.4. The van der Waals surface area contributed by atoms with Crippen LogP contribution in [-0.2, 0) is 19.1 Å². The minimum absolute atomic E-state index is 0.00712. The lowest BCUT2D eigenvalue weighted by molar-refractivity contribution is -0.197. The predicted octanol–water partition coefficient (Wildman–Crippen LogP) is 2.44. The molecule has 0 aliphatic heterocycles. The summed E-state index contributed by atoms with van der Waals surface area (Å²) in [5.41, 5.74) is -3.44. The molecule has 0 aromatic heterocycles. The predicted molar refractivity (Wildman–Crippen MR) is 110 cm³/mol. The summed E-state index contributed by atoms with van der Waals surface area (Å²) in [6, 6.07) is 0. The molecule has 8 heteroatoms. The Morgan fingerprint density at radius 1 is 1.32 bits per heavy atom. The number of esters is 1. The molecule has 1 unspecified atom stereocenters. The second kappa shape index (κ2) is 6.96. The number of carbonyl (C=O) groups is 3. The zero-order valence-corrected chi connectivity index (χ0v) is 18.6. The molecule has 2 N–H and O–H groups in total. The molecule has 31 heavy (non-hydrogen) atoms. The third-order valence-corrected chi connectivity index (χ3v) is 9.59. The Morgan fingerprint density at radius 2 is 2.00 bits per heavy atom. The van der Waals surface area contributed by atoms with Crippen molar-refractivity contribution in [2.75, 3.05) is 6.61 Å². The van der Waals surface area contributed by atoms with Gasteiger partial charge in [-0.15, -0.1) is 11.6 Å². The average molecular weight is 455 g/mol. The number of carbonyl (C=O) groups excluding carboxylic acids is 3. The molecule has 0 saturated heterocycles. The number of alkyl halides is 2. The highest BCUT2D eigenvalue weighted by Crippen LogP contribution is 2.71. The standard InChI is InChI=1S/C23H28ClFO6/c1-12(27)31-22(19(30)11-26)7-5-14-15-9-17(25)16-8-13(28)4-6-20(16,2)23(15,24)18(29)10-21(14,22)3/h4,6,8,14-15,17-18,26,29H,5,7,9-11H2,1-3H3/t14-,15-,17?,18-,20-,21-,22+,23-/m0/s1. The van der Waals surface area contributed by atoms with Gasteiger partial charge in [0.05, 0.1) is 11.0 Å². The number of aliphatic hydroxyl groups is 2. The molecule has 3 fully saturated rings. The van der Waals surface area contributed by atoms with Crippen LogP contribution in [0.4, 0.5) is 4.39 Å². The van der Waals surface area contributed by atoms with E-state index in [1.54, 1.807) is 19.9 Å². The van der Waals surface area contributed by atoms with E-state index in [0.29, 0.717) is 6.42 Å². The van der Waals surface area contributed by atoms with Gasteiger partial charge in [-0.05, 0) is 55.2 Å². The van der Waals surface area contributed by atoms with E-state index in [4.69, 9.17) is 16.3 Å². The number of fused-ring (bicyclic) bond motifs is 5. The van der Waals surface area contributed by atoms with Gasteiger partial charge in [0.1, 0.15) is 12.8 Å². The first-order valence-electron chi connectivity index (χ1n) is 10.7. The fourth-order valence-corrected chi connectivity index (χ4v) is 7.74. The molecule has 0 spiro atoms. The number of Topliss-reactive ketones (excluding diaryl/α,β-unsaturated/α-hetero) is 1. The van der Waals surface area contributed by atoms with Gasteiger partial charge < -0.3 is 14.9 Å². The first kappa shape index (κ1) is 22.6. The second-order valence-electron chi connectivity index (χ2n) is 9.90. The SMILES string of the molecule is CC(=O)O[C@@]1(C(=O)CO)CC[C@H]2[C@@H]3CC(F)C4=CC(=O)C=C[C@]4(C)[C@@]3(Cl)[C@@H](O)C[C@@]21C. The van der Waals surface area contributed by atoms with Crippen LogP contribution in [0.15, 0.2) is 23.8 Å². The molecule has 6 nitrogen and oxygen atoms in total. The lowest BCUT2D eigenvalue weighted by atomic mass is 9.45. The average Bonchev–Trinajstić information content (AvgIpc) is 2.97. The molecule has 0 heterocycles. The number of halogens is 2. The van der Waals surface area contributed by atoms with E-state index in [1.165, 1.54) is 19.1 Å². The van der Waals surface area contributed by atoms with Crippen molar-refractivity contribution in [3.63, 3.8) is 0 Å². The normalized spacial score (nSPS) is 48.4. The molecule has 0 aromatic rings. The van der Waals surface area contributed by atoms with Crippen molar-refractivity contribution in [3.8, 4) is 0 Å². The topological polar surface area (TPSA) is 101 Å². The molecule has 4 aliphatic rings. The van der Waals surface area contributed by atoms with Crippen LogP contribution in [0.3, 0.4) is 0 Å². The Morgan fingerprint density at radius 3 is 2.61 bits per heavy atom. The summed E-state index contributed by atoms with van der Waals surface area (Å²) in [6.45, 7) is 3.91. The summed E-state index contributed by atoms with van der Waals surface area (Å²) in [6.07, 6.45) is 2.27. The van der Waals surface area contributed by atoms with Crippen LogP contribution in [0.1, 0.15) is 46.5 Å². The molecule has 0 aromatic carbocycles. The van der Waals surface area contributed by atoms with Crippen LogP contribution < -0.4 is 0 Å². The van der Waals surface area contributed by atoms with Gasteiger partial charge in [-0.3, -0.25) is 14.4 Å². The molecule has 170 valence electrons. The summed E-state index contributed by atoms with van der Waals surface area (Å²) >= 11 is 7.23. The molecule has 8 atom stereocenters. The van der Waals surface area contributed by atoms with Gasteiger partial charge in [0.2, 0.25) is 5.78 Å². The number of hydrogen-bond donors (Lipinski definition) is 2. The Bertz CT molecular complexity index is 916. The van der Waals surface area contributed by atoms with Crippen molar-refractivity contribution in [1.82, 2.24) is 0 Å². The molecule has 3 saturated carbocycles. The van der Waals surface area contributed by atoms with E-state index in [1.807, 2.05) is 0 Å². The van der Waals surface area contributed by atoms with Gasteiger partial charge in [-0.2, -0.15) is 0 Å². The van der Waals surface area contributed by atoms with E-state index in [2.05, 4.69) is 0 Å². The minimum atomic E-state index is -1.60. The van der Waals surface area contributed by atoms with Gasteiger partial charge in [0.25, 0.3) is 0 Å². The van der Waals surface area contributed by atoms with Gasteiger partial charge >= 0.3 is 5.97 Å². The highest BCUT2D eigenvalue weighted by Gasteiger charge is 2.75. The molecule has 0 bridgehead atoms. The van der Waals surface area contributed by atoms with Crippen LogP contribution in [0.5, 0.6) is 0 Å². The van der Waals surface area contributed by atoms with E-state index in [0.717, 1.165) is 0 Å². The minimum Gasteiger partial charge on any atom is -0.451 e. The highest BCUT2D eigenvalue weighted by atomic mass is 35.5. The maximum atomic E-state index is 15.4. The Hall–Kier alpha value is -1.57. The summed E-state index contributed by atoms with van der Waals surface area (Å²) in [5, 5.41) is 21.1. The fourth-order valence-electron chi connectivity index (χ4n) is 7.25. The molecule has 0 radical (unpaired) electrons. The lowest BCUT2D eigenvalue weighted by Crippen LogP contribution is -2.70. The third kappa shape index (κ3) is 2.66. The first-order valence-corrected chi connectivity index (χ1v) is 11.0. The summed E-state index contributed by atoms with van der Waals surface area (Å²) in [4.78, 5) is 35.5. The zero-order chi connectivity index (χ0) is 23.0. The first-order chi connectivity index (χ1) is 14.4. The fraction of sp³-hybridized carbons (Fsp3) is 0.696. The summed E-state index contributed by atoms with van der Waals surface area (Å²) in [7, 11) is 0. The number of ether oxygens (including phenoxy) is 1. The molecule has 4 aliphatic carbocycles. The zero-order valence-electron chi connectivity index (χ0n) is 17.9. The van der Waals surface area contributed by atoms with E-state index >= 15 is 4.39 Å². The van der Waals surface area contributed by atoms with Gasteiger partial charge in [-0.25, -0.2) is 4.39 Å². The van der Waals surface area contributed by atoms with Crippen LogP contribution in [0.25, 0.3) is 0 Å². The highest BCUT2D eigenvalue weighted by molar-refractivity contribution is 6.26. The summed E-state index contributed by atoms with van der Waals surface area (Å²) in [5.74, 6) is -2.46. The lowest BCUT2D eigenvalue weighted by Gasteiger charge is -2.64. The van der Waals surface area contributed by atoms with E-state index in [-0.39, 0.29) is 36.5 Å². The second-order valence-corrected chi connectivity index (χ2v) is 10.5. The summed E-state index contributed by atoms with van der Waals surface area (Å²) < 4.78 is 21.0. The number of ketones is 2. The van der Waals surface area contributed by atoms with Crippen LogP contribution in [0.2, 0.25) is 0 Å². The van der Waals surface area contributed by atoms with Crippen LogP contribution in [-0.4, -0.2) is 57.1 Å².